The highest BCUT2D eigenvalue weighted by atomic mass is 32.2. The molecular weight excluding hydrogens is 270 g/mol. The van der Waals surface area contributed by atoms with Gasteiger partial charge < -0.3 is 15.2 Å². The Labute approximate surface area is 124 Å². The molecule has 0 heterocycles. The Balaban J connectivity index is 1.78. The van der Waals surface area contributed by atoms with Crippen molar-refractivity contribution < 1.29 is 9.47 Å². The van der Waals surface area contributed by atoms with Gasteiger partial charge >= 0.3 is 0 Å². The van der Waals surface area contributed by atoms with Gasteiger partial charge in [-0.25, -0.2) is 0 Å². The number of hydrogen-bond acceptors (Lipinski definition) is 4. The van der Waals surface area contributed by atoms with Crippen molar-refractivity contribution in [3.63, 3.8) is 0 Å². The minimum atomic E-state index is 0.537. The van der Waals surface area contributed by atoms with Crippen LogP contribution in [-0.4, -0.2) is 19.5 Å². The molecule has 2 N–H and O–H groups in total. The molecule has 0 aliphatic heterocycles. The molecule has 3 nitrogen and oxygen atoms in total. The molecule has 0 bridgehead atoms. The van der Waals surface area contributed by atoms with Crippen LogP contribution in [0.2, 0.25) is 0 Å². The van der Waals surface area contributed by atoms with Crippen molar-refractivity contribution in [3.8, 4) is 11.5 Å². The summed E-state index contributed by atoms with van der Waals surface area (Å²) in [4.78, 5) is 1.18. The molecule has 0 amide bonds. The lowest BCUT2D eigenvalue weighted by Gasteiger charge is -2.08. The summed E-state index contributed by atoms with van der Waals surface area (Å²) in [6.07, 6.45) is 0. The molecule has 0 aromatic heterocycles. The SMILES string of the molecule is COc1cccc(SCCOc2cccc(CN)c2)c1. The number of ether oxygens (including phenoxy) is 2. The topological polar surface area (TPSA) is 44.5 Å². The lowest BCUT2D eigenvalue weighted by molar-refractivity contribution is 0.343. The molecule has 0 saturated heterocycles. The van der Waals surface area contributed by atoms with E-state index >= 15 is 0 Å². The van der Waals surface area contributed by atoms with Crippen LogP contribution >= 0.6 is 11.8 Å². The first-order valence-electron chi connectivity index (χ1n) is 6.50. The minimum Gasteiger partial charge on any atom is -0.497 e. The fraction of sp³-hybridized carbons (Fsp3) is 0.250. The Morgan fingerprint density at radius 2 is 1.85 bits per heavy atom. The van der Waals surface area contributed by atoms with Crippen molar-refractivity contribution in [1.29, 1.82) is 0 Å². The van der Waals surface area contributed by atoms with E-state index < -0.39 is 0 Å². The maximum atomic E-state index is 5.72. The van der Waals surface area contributed by atoms with Crippen molar-refractivity contribution in [3.05, 3.63) is 54.1 Å². The van der Waals surface area contributed by atoms with Crippen molar-refractivity contribution in [2.45, 2.75) is 11.4 Å². The van der Waals surface area contributed by atoms with Gasteiger partial charge in [0.2, 0.25) is 0 Å². The number of methoxy groups -OCH3 is 1. The minimum absolute atomic E-state index is 0.537. The molecule has 0 spiro atoms. The van der Waals surface area contributed by atoms with Gasteiger partial charge in [0, 0.05) is 17.2 Å². The van der Waals surface area contributed by atoms with Gasteiger partial charge in [0.05, 0.1) is 13.7 Å². The van der Waals surface area contributed by atoms with Crippen LogP contribution in [0.5, 0.6) is 11.5 Å². The third-order valence-corrected chi connectivity index (χ3v) is 3.75. The monoisotopic (exact) mass is 289 g/mol. The molecule has 0 saturated carbocycles. The molecule has 2 aromatic rings. The number of thioether (sulfide) groups is 1. The first-order valence-corrected chi connectivity index (χ1v) is 7.49. The Bertz CT molecular complexity index is 496. The predicted molar refractivity (Wildman–Crippen MR) is 83.5 cm³/mol. The second-order valence-electron chi connectivity index (χ2n) is 4.23. The van der Waals surface area contributed by atoms with E-state index in [2.05, 4.69) is 6.07 Å². The number of benzene rings is 2. The highest BCUT2D eigenvalue weighted by Gasteiger charge is 1.99. The van der Waals surface area contributed by atoms with Crippen LogP contribution in [0.3, 0.4) is 0 Å². The van der Waals surface area contributed by atoms with Crippen molar-refractivity contribution in [2.75, 3.05) is 19.5 Å². The van der Waals surface area contributed by atoms with Crippen LogP contribution in [0, 0.1) is 0 Å². The summed E-state index contributed by atoms with van der Waals surface area (Å²) in [6, 6.07) is 15.9. The standard InChI is InChI=1S/C16H19NO2S/c1-18-14-5-3-7-16(11-14)20-9-8-19-15-6-2-4-13(10-15)12-17/h2-7,10-11H,8-9,12,17H2,1H3. The highest BCUT2D eigenvalue weighted by Crippen LogP contribution is 2.23. The van der Waals surface area contributed by atoms with Crippen LogP contribution in [0.4, 0.5) is 0 Å². The van der Waals surface area contributed by atoms with Gasteiger partial charge in [-0.05, 0) is 35.9 Å². The lowest BCUT2D eigenvalue weighted by Crippen LogP contribution is -2.01. The van der Waals surface area contributed by atoms with Crippen LogP contribution in [-0.2, 0) is 6.54 Å². The summed E-state index contributed by atoms with van der Waals surface area (Å²) in [5, 5.41) is 0. The van der Waals surface area contributed by atoms with Gasteiger partial charge in [0.25, 0.3) is 0 Å². The van der Waals surface area contributed by atoms with Gasteiger partial charge in [-0.15, -0.1) is 11.8 Å². The van der Waals surface area contributed by atoms with Crippen LogP contribution in [0.15, 0.2) is 53.4 Å². The summed E-state index contributed by atoms with van der Waals surface area (Å²) in [6.45, 7) is 1.20. The van der Waals surface area contributed by atoms with E-state index in [0.717, 1.165) is 22.8 Å². The molecule has 0 aliphatic carbocycles. The number of hydrogen-bond donors (Lipinski definition) is 1. The number of nitrogens with two attached hydrogens (primary N) is 1. The summed E-state index contributed by atoms with van der Waals surface area (Å²) < 4.78 is 10.9. The normalized spacial score (nSPS) is 10.3. The molecule has 2 aromatic carbocycles. The second-order valence-corrected chi connectivity index (χ2v) is 5.40. The predicted octanol–water partition coefficient (Wildman–Crippen LogP) is 3.33. The maximum absolute atomic E-state index is 5.72. The molecule has 20 heavy (non-hydrogen) atoms. The van der Waals surface area contributed by atoms with E-state index in [0.29, 0.717) is 13.2 Å². The summed E-state index contributed by atoms with van der Waals surface area (Å²) in [5.41, 5.74) is 6.69. The molecule has 0 atom stereocenters. The summed E-state index contributed by atoms with van der Waals surface area (Å²) >= 11 is 1.75. The summed E-state index contributed by atoms with van der Waals surface area (Å²) in [5.74, 6) is 2.64. The molecule has 4 heteroatoms. The molecule has 0 fully saturated rings. The highest BCUT2D eigenvalue weighted by molar-refractivity contribution is 7.99. The summed E-state index contributed by atoms with van der Waals surface area (Å²) in [7, 11) is 1.68. The molecule has 2 rings (SSSR count). The average Bonchev–Trinajstić information content (AvgIpc) is 2.52. The fourth-order valence-electron chi connectivity index (χ4n) is 1.77. The quantitative estimate of drug-likeness (QED) is 0.627. The van der Waals surface area contributed by atoms with Gasteiger partial charge in [-0.3, -0.25) is 0 Å². The van der Waals surface area contributed by atoms with E-state index in [-0.39, 0.29) is 0 Å². The zero-order valence-electron chi connectivity index (χ0n) is 11.5. The van der Waals surface area contributed by atoms with E-state index in [1.165, 1.54) is 4.90 Å². The zero-order chi connectivity index (χ0) is 14.2. The van der Waals surface area contributed by atoms with Crippen LogP contribution in [0.1, 0.15) is 5.56 Å². The third kappa shape index (κ3) is 4.47. The smallest absolute Gasteiger partial charge is 0.119 e. The van der Waals surface area contributed by atoms with E-state index in [4.69, 9.17) is 15.2 Å². The largest absolute Gasteiger partial charge is 0.497 e. The van der Waals surface area contributed by atoms with E-state index in [1.54, 1.807) is 18.9 Å². The van der Waals surface area contributed by atoms with Crippen molar-refractivity contribution in [2.24, 2.45) is 5.73 Å². The van der Waals surface area contributed by atoms with Crippen LogP contribution < -0.4 is 15.2 Å². The van der Waals surface area contributed by atoms with Crippen molar-refractivity contribution >= 4 is 11.8 Å². The molecule has 0 radical (unpaired) electrons. The van der Waals surface area contributed by atoms with Gasteiger partial charge in [-0.2, -0.15) is 0 Å². The second kappa shape index (κ2) is 7.82. The van der Waals surface area contributed by atoms with Crippen molar-refractivity contribution in [1.82, 2.24) is 0 Å². The maximum Gasteiger partial charge on any atom is 0.119 e. The molecule has 0 aliphatic rings. The first kappa shape index (κ1) is 14.8. The van der Waals surface area contributed by atoms with Gasteiger partial charge in [0.1, 0.15) is 11.5 Å². The molecular formula is C16H19NO2S. The fourth-order valence-corrected chi connectivity index (χ4v) is 2.55. The first-order chi connectivity index (χ1) is 9.81. The molecule has 106 valence electrons. The third-order valence-electron chi connectivity index (χ3n) is 2.80. The van der Waals surface area contributed by atoms with Gasteiger partial charge in [-0.1, -0.05) is 18.2 Å². The van der Waals surface area contributed by atoms with Gasteiger partial charge in [0.15, 0.2) is 0 Å². The Morgan fingerprint density at radius 1 is 1.05 bits per heavy atom. The Morgan fingerprint density at radius 3 is 2.65 bits per heavy atom. The molecule has 0 unspecified atom stereocenters. The number of rotatable bonds is 7. The Kier molecular flexibility index (Phi) is 5.77. The average molecular weight is 289 g/mol. The van der Waals surface area contributed by atoms with Crippen LogP contribution in [0.25, 0.3) is 0 Å². The van der Waals surface area contributed by atoms with E-state index in [1.807, 2.05) is 42.5 Å². The lowest BCUT2D eigenvalue weighted by atomic mass is 10.2. The Hall–Kier alpha value is -1.65. The van der Waals surface area contributed by atoms with E-state index in [9.17, 15) is 0 Å². The zero-order valence-corrected chi connectivity index (χ0v) is 12.4.